The van der Waals surface area contributed by atoms with Gasteiger partial charge < -0.3 is 24.4 Å². The van der Waals surface area contributed by atoms with Gasteiger partial charge in [0.05, 0.1) is 13.2 Å². The second-order valence-corrected chi connectivity index (χ2v) is 6.45. The molecule has 1 aliphatic heterocycles. The number of hydrogen-bond donors (Lipinski definition) is 1. The van der Waals surface area contributed by atoms with E-state index in [0.29, 0.717) is 12.3 Å². The van der Waals surface area contributed by atoms with Crippen LogP contribution in [0.2, 0.25) is 0 Å². The van der Waals surface area contributed by atoms with E-state index in [1.165, 1.54) is 6.08 Å². The van der Waals surface area contributed by atoms with Crippen LogP contribution < -0.4 is 19.5 Å². The quantitative estimate of drug-likeness (QED) is 0.762. The molecule has 0 spiro atoms. The zero-order chi connectivity index (χ0) is 19.2. The molecular weight excluding hydrogens is 344 g/mol. The van der Waals surface area contributed by atoms with Gasteiger partial charge in [-0.05, 0) is 55.6 Å². The molecule has 1 atom stereocenters. The van der Waals surface area contributed by atoms with Gasteiger partial charge in [-0.3, -0.25) is 4.79 Å². The third-order valence-electron chi connectivity index (χ3n) is 4.40. The standard InChI is InChI=1S/C21H24N2O4/c1-23(2)18(16-5-4-6-17(12-16)25-3)13-22-21(24)10-8-15-7-9-19-20(11-15)27-14-26-19/h4-12,18H,13-14H2,1-3H3,(H,22,24)/b10-8+. The van der Waals surface area contributed by atoms with E-state index < -0.39 is 0 Å². The molecule has 1 heterocycles. The zero-order valence-electron chi connectivity index (χ0n) is 15.8. The van der Waals surface area contributed by atoms with E-state index in [2.05, 4.69) is 10.2 Å². The smallest absolute Gasteiger partial charge is 0.244 e. The van der Waals surface area contributed by atoms with Crippen molar-refractivity contribution in [2.45, 2.75) is 6.04 Å². The Labute approximate surface area is 159 Å². The highest BCUT2D eigenvalue weighted by Gasteiger charge is 2.16. The number of likely N-dealkylation sites (N-methyl/N-ethyl adjacent to an activating group) is 1. The van der Waals surface area contributed by atoms with Gasteiger partial charge in [0.2, 0.25) is 12.7 Å². The average molecular weight is 368 g/mol. The highest BCUT2D eigenvalue weighted by atomic mass is 16.7. The number of carbonyl (C=O) groups excluding carboxylic acids is 1. The molecule has 0 radical (unpaired) electrons. The number of rotatable bonds is 7. The third kappa shape index (κ3) is 4.80. The molecule has 1 amide bonds. The predicted molar refractivity (Wildman–Crippen MR) is 104 cm³/mol. The Hall–Kier alpha value is -2.99. The van der Waals surface area contributed by atoms with Crippen LogP contribution in [0.4, 0.5) is 0 Å². The molecule has 1 N–H and O–H groups in total. The Morgan fingerprint density at radius 3 is 2.81 bits per heavy atom. The lowest BCUT2D eigenvalue weighted by molar-refractivity contribution is -0.116. The lowest BCUT2D eigenvalue weighted by Gasteiger charge is -2.25. The van der Waals surface area contributed by atoms with Crippen LogP contribution in [0, 0.1) is 0 Å². The number of amides is 1. The fourth-order valence-electron chi connectivity index (χ4n) is 2.89. The van der Waals surface area contributed by atoms with Gasteiger partial charge >= 0.3 is 0 Å². The number of hydrogen-bond acceptors (Lipinski definition) is 5. The summed E-state index contributed by atoms with van der Waals surface area (Å²) in [6.45, 7) is 0.726. The average Bonchev–Trinajstić information content (AvgIpc) is 3.14. The van der Waals surface area contributed by atoms with Crippen molar-refractivity contribution in [2.24, 2.45) is 0 Å². The van der Waals surface area contributed by atoms with Gasteiger partial charge in [-0.25, -0.2) is 0 Å². The first-order chi connectivity index (χ1) is 13.1. The van der Waals surface area contributed by atoms with Gasteiger partial charge in [0.15, 0.2) is 11.5 Å². The summed E-state index contributed by atoms with van der Waals surface area (Å²) in [5.74, 6) is 2.07. The van der Waals surface area contributed by atoms with Crippen LogP contribution in [-0.4, -0.2) is 45.3 Å². The molecule has 6 nitrogen and oxygen atoms in total. The number of benzene rings is 2. The molecule has 27 heavy (non-hydrogen) atoms. The van der Waals surface area contributed by atoms with Gasteiger partial charge in [0.1, 0.15) is 5.75 Å². The lowest BCUT2D eigenvalue weighted by atomic mass is 10.1. The third-order valence-corrected chi connectivity index (χ3v) is 4.40. The molecule has 0 aromatic heterocycles. The van der Waals surface area contributed by atoms with E-state index in [1.54, 1.807) is 13.2 Å². The Kier molecular flexibility index (Phi) is 5.98. The summed E-state index contributed by atoms with van der Waals surface area (Å²) >= 11 is 0. The maximum Gasteiger partial charge on any atom is 0.244 e. The second-order valence-electron chi connectivity index (χ2n) is 6.45. The van der Waals surface area contributed by atoms with Crippen molar-refractivity contribution in [1.29, 1.82) is 0 Å². The summed E-state index contributed by atoms with van der Waals surface area (Å²) < 4.78 is 15.9. The van der Waals surface area contributed by atoms with Crippen molar-refractivity contribution < 1.29 is 19.0 Å². The van der Waals surface area contributed by atoms with Crippen LogP contribution >= 0.6 is 0 Å². The van der Waals surface area contributed by atoms with Gasteiger partial charge in [0, 0.05) is 12.6 Å². The van der Waals surface area contributed by atoms with Gasteiger partial charge in [-0.1, -0.05) is 18.2 Å². The molecular formula is C21H24N2O4. The van der Waals surface area contributed by atoms with Crippen LogP contribution in [0.25, 0.3) is 6.08 Å². The highest BCUT2D eigenvalue weighted by Crippen LogP contribution is 2.32. The summed E-state index contributed by atoms with van der Waals surface area (Å²) in [7, 11) is 5.62. The predicted octanol–water partition coefficient (Wildman–Crippen LogP) is 2.86. The fraction of sp³-hybridized carbons (Fsp3) is 0.286. The first kappa shape index (κ1) is 18.8. The Morgan fingerprint density at radius 1 is 1.22 bits per heavy atom. The van der Waals surface area contributed by atoms with E-state index in [9.17, 15) is 4.79 Å². The molecule has 3 rings (SSSR count). The molecule has 0 saturated carbocycles. The van der Waals surface area contributed by atoms with Crippen LogP contribution in [0.5, 0.6) is 17.2 Å². The number of ether oxygens (including phenoxy) is 3. The number of methoxy groups -OCH3 is 1. The molecule has 0 saturated heterocycles. The van der Waals surface area contributed by atoms with E-state index in [-0.39, 0.29) is 18.7 Å². The molecule has 2 aromatic rings. The topological polar surface area (TPSA) is 60.0 Å². The van der Waals surface area contributed by atoms with E-state index in [0.717, 1.165) is 22.6 Å². The lowest BCUT2D eigenvalue weighted by Crippen LogP contribution is -2.33. The molecule has 1 unspecified atom stereocenters. The summed E-state index contributed by atoms with van der Waals surface area (Å²) in [4.78, 5) is 14.3. The SMILES string of the molecule is COc1cccc(C(CNC(=O)/C=C/c2ccc3c(c2)OCO3)N(C)C)c1. The number of nitrogens with one attached hydrogen (secondary N) is 1. The Bertz CT molecular complexity index is 833. The van der Waals surface area contributed by atoms with Crippen molar-refractivity contribution >= 4 is 12.0 Å². The molecule has 0 bridgehead atoms. The van der Waals surface area contributed by atoms with Crippen molar-refractivity contribution in [3.63, 3.8) is 0 Å². The van der Waals surface area contributed by atoms with Gasteiger partial charge in [-0.2, -0.15) is 0 Å². The number of fused-ring (bicyclic) bond motifs is 1. The first-order valence-electron chi connectivity index (χ1n) is 8.73. The summed E-state index contributed by atoms with van der Waals surface area (Å²) in [6, 6.07) is 13.5. The minimum absolute atomic E-state index is 0.0444. The Morgan fingerprint density at radius 2 is 2.04 bits per heavy atom. The number of carbonyl (C=O) groups is 1. The molecule has 6 heteroatoms. The Balaban J connectivity index is 1.60. The van der Waals surface area contributed by atoms with E-state index >= 15 is 0 Å². The summed E-state index contributed by atoms with van der Waals surface area (Å²) in [6.07, 6.45) is 3.28. The zero-order valence-corrected chi connectivity index (χ0v) is 15.8. The summed E-state index contributed by atoms with van der Waals surface area (Å²) in [5, 5.41) is 2.96. The van der Waals surface area contributed by atoms with Crippen LogP contribution in [0.1, 0.15) is 17.2 Å². The van der Waals surface area contributed by atoms with Crippen molar-refractivity contribution in [2.75, 3.05) is 34.5 Å². The largest absolute Gasteiger partial charge is 0.497 e. The van der Waals surface area contributed by atoms with E-state index in [4.69, 9.17) is 14.2 Å². The van der Waals surface area contributed by atoms with Crippen molar-refractivity contribution in [3.05, 3.63) is 59.7 Å². The van der Waals surface area contributed by atoms with Crippen molar-refractivity contribution in [1.82, 2.24) is 10.2 Å². The van der Waals surface area contributed by atoms with E-state index in [1.807, 2.05) is 56.6 Å². The van der Waals surface area contributed by atoms with Gasteiger partial charge in [-0.15, -0.1) is 0 Å². The van der Waals surface area contributed by atoms with Crippen LogP contribution in [0.15, 0.2) is 48.5 Å². The fourth-order valence-corrected chi connectivity index (χ4v) is 2.89. The second kappa shape index (κ2) is 8.60. The van der Waals surface area contributed by atoms with Crippen molar-refractivity contribution in [3.8, 4) is 17.2 Å². The monoisotopic (exact) mass is 368 g/mol. The van der Waals surface area contributed by atoms with Gasteiger partial charge in [0.25, 0.3) is 0 Å². The summed E-state index contributed by atoms with van der Waals surface area (Å²) in [5.41, 5.74) is 1.96. The highest BCUT2D eigenvalue weighted by molar-refractivity contribution is 5.91. The molecule has 0 aliphatic carbocycles. The normalized spacial score (nSPS) is 13.8. The maximum atomic E-state index is 12.2. The molecule has 142 valence electrons. The minimum Gasteiger partial charge on any atom is -0.497 e. The van der Waals surface area contributed by atoms with Crippen LogP contribution in [0.3, 0.4) is 0 Å². The molecule has 0 fully saturated rings. The minimum atomic E-state index is -0.151. The first-order valence-corrected chi connectivity index (χ1v) is 8.73. The maximum absolute atomic E-state index is 12.2. The number of nitrogens with zero attached hydrogens (tertiary/aromatic N) is 1. The van der Waals surface area contributed by atoms with Crippen LogP contribution in [-0.2, 0) is 4.79 Å². The molecule has 1 aliphatic rings. The molecule has 2 aromatic carbocycles.